The standard InChI is InChI=1S/C29H44O2/c1-7-19-10-15-29(18-30)17-16-27(5)20(24(19)29)8-9-22-26(4)13-12-23(31)25(2,3)21(26)11-14-28(22,27)6/h7,18-22,24H,1,8-17H2,2-6H3/t19-,20?,21?,22?,24?,26+,27-,28-,29-/m1/s1. The average molecular weight is 425 g/mol. The summed E-state index contributed by atoms with van der Waals surface area (Å²) in [4.78, 5) is 25.3. The predicted molar refractivity (Wildman–Crippen MR) is 125 cm³/mol. The SMILES string of the molecule is C=C[C@@H]1CC[C@]2(C=O)CC[C@]3(C)C(CCC4[C@@]5(C)CCC(=O)C(C)(C)C5CC[C@]43C)C12. The molecule has 5 rings (SSSR count). The minimum atomic E-state index is -0.176. The Bertz CT molecular complexity index is 812. The van der Waals surface area contributed by atoms with Crippen LogP contribution in [0.1, 0.15) is 98.8 Å². The van der Waals surface area contributed by atoms with Crippen LogP contribution in [0.4, 0.5) is 0 Å². The number of Topliss-reactive ketones (excluding diaryl/α,β-unsaturated/α-hetero) is 1. The summed E-state index contributed by atoms with van der Waals surface area (Å²) in [5.74, 6) is 3.34. The molecule has 5 fully saturated rings. The van der Waals surface area contributed by atoms with Gasteiger partial charge in [-0.15, -0.1) is 6.58 Å². The largest absolute Gasteiger partial charge is 0.303 e. The van der Waals surface area contributed by atoms with Gasteiger partial charge in [-0.05, 0) is 104 Å². The quantitative estimate of drug-likeness (QED) is 0.352. The molecule has 0 aromatic rings. The fourth-order valence-electron chi connectivity index (χ4n) is 11.0. The van der Waals surface area contributed by atoms with Gasteiger partial charge in [0.05, 0.1) is 0 Å². The van der Waals surface area contributed by atoms with Crippen LogP contribution in [0.3, 0.4) is 0 Å². The van der Waals surface area contributed by atoms with Gasteiger partial charge in [-0.25, -0.2) is 0 Å². The number of hydrogen-bond acceptors (Lipinski definition) is 2. The first-order valence-electron chi connectivity index (χ1n) is 13.1. The Hall–Kier alpha value is -0.920. The molecule has 0 N–H and O–H groups in total. The third-order valence-electron chi connectivity index (χ3n) is 12.8. The Labute approximate surface area is 190 Å². The van der Waals surface area contributed by atoms with Crippen molar-refractivity contribution in [2.45, 2.75) is 98.8 Å². The van der Waals surface area contributed by atoms with E-state index >= 15 is 0 Å². The summed E-state index contributed by atoms with van der Waals surface area (Å²) in [7, 11) is 0. The van der Waals surface area contributed by atoms with Crippen LogP contribution in [0.15, 0.2) is 12.7 Å². The highest BCUT2D eigenvalue weighted by atomic mass is 16.1. The van der Waals surface area contributed by atoms with Gasteiger partial charge in [0, 0.05) is 17.3 Å². The maximum atomic E-state index is 12.9. The first kappa shape index (κ1) is 21.9. The Kier molecular flexibility index (Phi) is 4.64. The minimum absolute atomic E-state index is 0.0907. The molecular weight excluding hydrogens is 380 g/mol. The van der Waals surface area contributed by atoms with Crippen LogP contribution < -0.4 is 0 Å². The second kappa shape index (κ2) is 6.57. The molecule has 0 heterocycles. The highest BCUT2D eigenvalue weighted by Crippen LogP contribution is 2.76. The van der Waals surface area contributed by atoms with E-state index < -0.39 is 0 Å². The van der Waals surface area contributed by atoms with E-state index in [9.17, 15) is 9.59 Å². The van der Waals surface area contributed by atoms with E-state index in [4.69, 9.17) is 0 Å². The second-order valence-corrected chi connectivity index (χ2v) is 13.6. The topological polar surface area (TPSA) is 34.1 Å². The summed E-state index contributed by atoms with van der Waals surface area (Å²) in [5.41, 5.74) is 0.599. The number of carbonyl (C=O) groups excluding carboxylic acids is 2. The van der Waals surface area contributed by atoms with Gasteiger partial charge in [-0.2, -0.15) is 0 Å². The lowest BCUT2D eigenvalue weighted by atomic mass is 9.32. The van der Waals surface area contributed by atoms with Crippen molar-refractivity contribution in [3.8, 4) is 0 Å². The minimum Gasteiger partial charge on any atom is -0.303 e. The van der Waals surface area contributed by atoms with E-state index in [2.05, 4.69) is 47.3 Å². The molecular formula is C29H44O2. The lowest BCUT2D eigenvalue weighted by Gasteiger charge is -2.72. The van der Waals surface area contributed by atoms with Crippen LogP contribution >= 0.6 is 0 Å². The maximum absolute atomic E-state index is 12.9. The van der Waals surface area contributed by atoms with Crippen molar-refractivity contribution < 1.29 is 9.59 Å². The summed E-state index contributed by atoms with van der Waals surface area (Å²) in [6.07, 6.45) is 14.9. The van der Waals surface area contributed by atoms with Crippen molar-refractivity contribution >= 4 is 12.1 Å². The fourth-order valence-corrected chi connectivity index (χ4v) is 11.0. The molecule has 4 unspecified atom stereocenters. The van der Waals surface area contributed by atoms with Crippen LogP contribution in [-0.4, -0.2) is 12.1 Å². The summed E-state index contributed by atoms with van der Waals surface area (Å²) in [6.45, 7) is 16.5. The van der Waals surface area contributed by atoms with Crippen LogP contribution in [0.5, 0.6) is 0 Å². The molecule has 0 bridgehead atoms. The zero-order chi connectivity index (χ0) is 22.4. The van der Waals surface area contributed by atoms with Gasteiger partial charge in [0.15, 0.2) is 0 Å². The van der Waals surface area contributed by atoms with Crippen LogP contribution in [0.25, 0.3) is 0 Å². The lowest BCUT2D eigenvalue weighted by Crippen LogP contribution is -2.66. The number of hydrogen-bond donors (Lipinski definition) is 0. The summed E-state index contributed by atoms with van der Waals surface area (Å²) in [6, 6.07) is 0. The Morgan fingerprint density at radius 1 is 0.839 bits per heavy atom. The van der Waals surface area contributed by atoms with E-state index in [-0.39, 0.29) is 21.7 Å². The molecule has 0 aliphatic heterocycles. The molecule has 0 radical (unpaired) electrons. The van der Waals surface area contributed by atoms with Crippen molar-refractivity contribution in [1.29, 1.82) is 0 Å². The molecule has 5 aliphatic carbocycles. The second-order valence-electron chi connectivity index (χ2n) is 13.6. The number of rotatable bonds is 2. The Morgan fingerprint density at radius 2 is 1.58 bits per heavy atom. The highest BCUT2D eigenvalue weighted by molar-refractivity contribution is 5.85. The zero-order valence-corrected chi connectivity index (χ0v) is 20.6. The van der Waals surface area contributed by atoms with E-state index in [1.54, 1.807) is 0 Å². The normalized spacial score (nSPS) is 55.4. The van der Waals surface area contributed by atoms with Gasteiger partial charge >= 0.3 is 0 Å². The number of fused-ring (bicyclic) bond motifs is 7. The molecule has 172 valence electrons. The van der Waals surface area contributed by atoms with E-state index in [0.29, 0.717) is 40.8 Å². The van der Waals surface area contributed by atoms with Gasteiger partial charge in [-0.1, -0.05) is 40.7 Å². The van der Waals surface area contributed by atoms with Crippen LogP contribution in [0.2, 0.25) is 0 Å². The van der Waals surface area contributed by atoms with Gasteiger partial charge in [-0.3, -0.25) is 4.79 Å². The van der Waals surface area contributed by atoms with Crippen molar-refractivity contribution in [2.75, 3.05) is 0 Å². The predicted octanol–water partition coefficient (Wildman–Crippen LogP) is 7.02. The number of aldehydes is 1. The third kappa shape index (κ3) is 2.46. The number of allylic oxidation sites excluding steroid dienone is 1. The number of ketones is 1. The smallest absolute Gasteiger partial charge is 0.138 e. The first-order chi connectivity index (χ1) is 14.5. The lowest BCUT2D eigenvalue weighted by molar-refractivity contribution is -0.231. The first-order valence-corrected chi connectivity index (χ1v) is 13.1. The molecule has 0 aromatic carbocycles. The third-order valence-corrected chi connectivity index (χ3v) is 12.8. The Morgan fingerprint density at radius 3 is 2.26 bits per heavy atom. The summed E-state index contributed by atoms with van der Waals surface area (Å²) in [5, 5.41) is 0. The van der Waals surface area contributed by atoms with Crippen molar-refractivity contribution in [3.05, 3.63) is 12.7 Å². The van der Waals surface area contributed by atoms with Crippen LogP contribution in [0, 0.1) is 56.7 Å². The van der Waals surface area contributed by atoms with E-state index in [1.807, 2.05) is 0 Å². The summed E-state index contributed by atoms with van der Waals surface area (Å²) >= 11 is 0. The molecule has 0 aromatic heterocycles. The fraction of sp³-hybridized carbons (Fsp3) is 0.862. The molecule has 0 spiro atoms. The van der Waals surface area contributed by atoms with Crippen molar-refractivity contribution in [3.63, 3.8) is 0 Å². The van der Waals surface area contributed by atoms with Gasteiger partial charge < -0.3 is 4.79 Å². The molecule has 0 amide bonds. The highest BCUT2D eigenvalue weighted by Gasteiger charge is 2.70. The summed E-state index contributed by atoms with van der Waals surface area (Å²) < 4.78 is 0. The monoisotopic (exact) mass is 424 g/mol. The average Bonchev–Trinajstić information content (AvgIpc) is 3.11. The van der Waals surface area contributed by atoms with Gasteiger partial charge in [0.1, 0.15) is 12.1 Å². The van der Waals surface area contributed by atoms with Gasteiger partial charge in [0.2, 0.25) is 0 Å². The molecule has 2 nitrogen and oxygen atoms in total. The van der Waals surface area contributed by atoms with Crippen molar-refractivity contribution in [1.82, 2.24) is 0 Å². The molecule has 0 saturated heterocycles. The van der Waals surface area contributed by atoms with Crippen molar-refractivity contribution in [2.24, 2.45) is 56.7 Å². The molecule has 5 saturated carbocycles. The Balaban J connectivity index is 1.56. The van der Waals surface area contributed by atoms with E-state index in [0.717, 1.165) is 32.1 Å². The molecule has 5 aliphatic rings. The van der Waals surface area contributed by atoms with Gasteiger partial charge in [0.25, 0.3) is 0 Å². The van der Waals surface area contributed by atoms with Crippen LogP contribution in [-0.2, 0) is 9.59 Å². The molecule has 9 atom stereocenters. The molecule has 31 heavy (non-hydrogen) atoms. The zero-order valence-electron chi connectivity index (χ0n) is 20.6. The number of carbonyl (C=O) groups is 2. The molecule has 2 heteroatoms. The van der Waals surface area contributed by atoms with E-state index in [1.165, 1.54) is 38.4 Å². The maximum Gasteiger partial charge on any atom is 0.138 e.